The average molecular weight is 264 g/mol. The number of esters is 1. The predicted molar refractivity (Wildman–Crippen MR) is 68.4 cm³/mol. The summed E-state index contributed by atoms with van der Waals surface area (Å²) in [7, 11) is 1.32. The molecule has 0 aliphatic heterocycles. The van der Waals surface area contributed by atoms with Crippen LogP contribution in [0.25, 0.3) is 10.6 Å². The van der Waals surface area contributed by atoms with Gasteiger partial charge in [0, 0.05) is 11.1 Å². The van der Waals surface area contributed by atoms with Crippen molar-refractivity contribution in [2.45, 2.75) is 13.8 Å². The minimum atomic E-state index is -0.457. The van der Waals surface area contributed by atoms with Crippen molar-refractivity contribution in [3.05, 3.63) is 22.6 Å². The summed E-state index contributed by atoms with van der Waals surface area (Å²) in [5.41, 5.74) is 6.75. The van der Waals surface area contributed by atoms with Gasteiger partial charge in [-0.2, -0.15) is 0 Å². The molecule has 0 amide bonds. The predicted octanol–water partition coefficient (Wildman–Crippen LogP) is 1.59. The van der Waals surface area contributed by atoms with Crippen LogP contribution < -0.4 is 5.73 Å². The Morgan fingerprint density at radius 2 is 2.11 bits per heavy atom. The molecule has 0 saturated heterocycles. The van der Waals surface area contributed by atoms with E-state index < -0.39 is 5.97 Å². The monoisotopic (exact) mass is 264 g/mol. The molecule has 7 heteroatoms. The average Bonchev–Trinajstić information content (AvgIpc) is 2.70. The number of carbonyl (C=O) groups excluding carboxylic acids is 1. The zero-order chi connectivity index (χ0) is 13.3. The summed E-state index contributed by atoms with van der Waals surface area (Å²) in [5.74, 6) is 0.493. The molecule has 2 heterocycles. The number of aryl methyl sites for hydroxylation is 2. The number of ether oxygens (including phenoxy) is 1. The van der Waals surface area contributed by atoms with Gasteiger partial charge in [-0.1, -0.05) is 0 Å². The number of thiazole rings is 1. The third kappa shape index (κ3) is 2.17. The first-order chi connectivity index (χ1) is 8.52. The number of hydrogen-bond donors (Lipinski definition) is 1. The van der Waals surface area contributed by atoms with E-state index >= 15 is 0 Å². The summed E-state index contributed by atoms with van der Waals surface area (Å²) in [5, 5.41) is 0.616. The van der Waals surface area contributed by atoms with Gasteiger partial charge < -0.3 is 10.5 Å². The summed E-state index contributed by atoms with van der Waals surface area (Å²) in [6.45, 7) is 3.56. The number of aromatic nitrogens is 3. The highest BCUT2D eigenvalue weighted by molar-refractivity contribution is 7.15. The van der Waals surface area contributed by atoms with E-state index in [1.54, 1.807) is 20.0 Å². The standard InChI is InChI=1S/C11H12N4O2S/c1-5-8(11(16)17-3)15-10(18-5)7-4-13-6(2)14-9(7)12/h4H,1-3H3,(H2,12,13,14). The first-order valence-corrected chi connectivity index (χ1v) is 5.99. The topological polar surface area (TPSA) is 91.0 Å². The quantitative estimate of drug-likeness (QED) is 0.828. The van der Waals surface area contributed by atoms with Crippen LogP contribution >= 0.6 is 11.3 Å². The molecule has 0 bridgehead atoms. The molecule has 0 fully saturated rings. The molecule has 2 rings (SSSR count). The number of nitrogens with two attached hydrogens (primary N) is 1. The molecule has 0 spiro atoms. The molecule has 0 atom stereocenters. The van der Waals surface area contributed by atoms with Crippen molar-refractivity contribution in [1.29, 1.82) is 0 Å². The van der Waals surface area contributed by atoms with Gasteiger partial charge in [-0.15, -0.1) is 11.3 Å². The smallest absolute Gasteiger partial charge is 0.357 e. The van der Waals surface area contributed by atoms with Gasteiger partial charge in [0.1, 0.15) is 16.6 Å². The number of nitrogen functional groups attached to an aromatic ring is 1. The number of carbonyl (C=O) groups is 1. The van der Waals surface area contributed by atoms with Gasteiger partial charge in [0.05, 0.1) is 12.7 Å². The van der Waals surface area contributed by atoms with Gasteiger partial charge in [-0.25, -0.2) is 19.7 Å². The van der Waals surface area contributed by atoms with Gasteiger partial charge in [0.2, 0.25) is 0 Å². The zero-order valence-electron chi connectivity index (χ0n) is 10.2. The van der Waals surface area contributed by atoms with Crippen molar-refractivity contribution in [3.8, 4) is 10.6 Å². The fourth-order valence-electron chi connectivity index (χ4n) is 1.45. The number of hydrogen-bond acceptors (Lipinski definition) is 7. The Labute approximate surface area is 108 Å². The molecule has 0 aliphatic carbocycles. The van der Waals surface area contributed by atoms with E-state index in [0.29, 0.717) is 27.9 Å². The Balaban J connectivity index is 2.49. The number of methoxy groups -OCH3 is 1. The van der Waals surface area contributed by atoms with E-state index in [4.69, 9.17) is 5.73 Å². The molecule has 2 N–H and O–H groups in total. The maximum atomic E-state index is 11.5. The molecule has 0 aliphatic rings. The second-order valence-electron chi connectivity index (χ2n) is 3.63. The Kier molecular flexibility index (Phi) is 3.24. The van der Waals surface area contributed by atoms with Crippen molar-refractivity contribution in [3.63, 3.8) is 0 Å². The molecule has 0 saturated carbocycles. The van der Waals surface area contributed by atoms with Crippen LogP contribution in [0.15, 0.2) is 6.20 Å². The zero-order valence-corrected chi connectivity index (χ0v) is 11.0. The van der Waals surface area contributed by atoms with Gasteiger partial charge in [0.15, 0.2) is 5.69 Å². The van der Waals surface area contributed by atoms with Crippen molar-refractivity contribution in [2.75, 3.05) is 12.8 Å². The maximum absolute atomic E-state index is 11.5. The van der Waals surface area contributed by atoms with Crippen molar-refractivity contribution >= 4 is 23.1 Å². The summed E-state index contributed by atoms with van der Waals surface area (Å²) in [4.78, 5) is 24.6. The minimum Gasteiger partial charge on any atom is -0.464 e. The lowest BCUT2D eigenvalue weighted by molar-refractivity contribution is 0.0594. The second-order valence-corrected chi connectivity index (χ2v) is 4.83. The van der Waals surface area contributed by atoms with Crippen LogP contribution in [0.3, 0.4) is 0 Å². The highest BCUT2D eigenvalue weighted by atomic mass is 32.1. The van der Waals surface area contributed by atoms with Crippen LogP contribution in [0, 0.1) is 13.8 Å². The Hall–Kier alpha value is -2.02. The van der Waals surface area contributed by atoms with E-state index in [1.807, 2.05) is 0 Å². The lowest BCUT2D eigenvalue weighted by atomic mass is 10.3. The summed E-state index contributed by atoms with van der Waals surface area (Å²) in [6, 6.07) is 0. The largest absolute Gasteiger partial charge is 0.464 e. The molecule has 0 aromatic carbocycles. The Bertz CT molecular complexity index is 609. The molecule has 0 unspecified atom stereocenters. The fraction of sp³-hybridized carbons (Fsp3) is 0.273. The second kappa shape index (κ2) is 4.69. The van der Waals surface area contributed by atoms with Crippen LogP contribution in [-0.2, 0) is 4.74 Å². The molecular weight excluding hydrogens is 252 g/mol. The fourth-order valence-corrected chi connectivity index (χ4v) is 2.37. The number of rotatable bonds is 2. The first-order valence-electron chi connectivity index (χ1n) is 5.18. The SMILES string of the molecule is COC(=O)c1nc(-c2cnc(C)nc2N)sc1C. The van der Waals surface area contributed by atoms with Gasteiger partial charge >= 0.3 is 5.97 Å². The summed E-state index contributed by atoms with van der Waals surface area (Å²) in [6.07, 6.45) is 1.61. The molecule has 2 aromatic rings. The lowest BCUT2D eigenvalue weighted by Crippen LogP contribution is -2.03. The van der Waals surface area contributed by atoms with E-state index in [-0.39, 0.29) is 0 Å². The van der Waals surface area contributed by atoms with E-state index in [2.05, 4.69) is 19.7 Å². The van der Waals surface area contributed by atoms with E-state index in [0.717, 1.165) is 4.88 Å². The molecule has 94 valence electrons. The summed E-state index contributed by atoms with van der Waals surface area (Å²) >= 11 is 1.36. The van der Waals surface area contributed by atoms with Crippen molar-refractivity contribution in [2.24, 2.45) is 0 Å². The van der Waals surface area contributed by atoms with Crippen LogP contribution in [-0.4, -0.2) is 28.0 Å². The minimum absolute atomic E-state index is 0.303. The van der Waals surface area contributed by atoms with Crippen LogP contribution in [0.2, 0.25) is 0 Å². The van der Waals surface area contributed by atoms with Crippen LogP contribution in [0.1, 0.15) is 21.2 Å². The molecule has 18 heavy (non-hydrogen) atoms. The van der Waals surface area contributed by atoms with Crippen molar-refractivity contribution < 1.29 is 9.53 Å². The lowest BCUT2D eigenvalue weighted by Gasteiger charge is -2.00. The molecule has 0 radical (unpaired) electrons. The van der Waals surface area contributed by atoms with Gasteiger partial charge in [0.25, 0.3) is 0 Å². The van der Waals surface area contributed by atoms with Crippen LogP contribution in [0.5, 0.6) is 0 Å². The summed E-state index contributed by atoms with van der Waals surface area (Å²) < 4.78 is 4.66. The maximum Gasteiger partial charge on any atom is 0.357 e. The number of nitrogens with zero attached hydrogens (tertiary/aromatic N) is 3. The number of anilines is 1. The van der Waals surface area contributed by atoms with Gasteiger partial charge in [-0.3, -0.25) is 0 Å². The molecule has 2 aromatic heterocycles. The van der Waals surface area contributed by atoms with E-state index in [1.165, 1.54) is 18.4 Å². The third-order valence-electron chi connectivity index (χ3n) is 2.34. The highest BCUT2D eigenvalue weighted by Gasteiger charge is 2.18. The highest BCUT2D eigenvalue weighted by Crippen LogP contribution is 2.30. The normalized spacial score (nSPS) is 10.4. The Morgan fingerprint density at radius 3 is 2.72 bits per heavy atom. The van der Waals surface area contributed by atoms with Gasteiger partial charge in [-0.05, 0) is 13.8 Å². The molecular formula is C11H12N4O2S. The van der Waals surface area contributed by atoms with Crippen LogP contribution in [0.4, 0.5) is 5.82 Å². The van der Waals surface area contributed by atoms with E-state index in [9.17, 15) is 4.79 Å². The Morgan fingerprint density at radius 1 is 1.39 bits per heavy atom. The molecule has 6 nitrogen and oxygen atoms in total. The third-order valence-corrected chi connectivity index (χ3v) is 3.35. The van der Waals surface area contributed by atoms with Crippen molar-refractivity contribution in [1.82, 2.24) is 15.0 Å². The first kappa shape index (κ1) is 12.4.